The summed E-state index contributed by atoms with van der Waals surface area (Å²) in [6, 6.07) is 0. The predicted molar refractivity (Wildman–Crippen MR) is 56.7 cm³/mol. The van der Waals surface area contributed by atoms with Crippen LogP contribution >= 0.6 is 0 Å². The van der Waals surface area contributed by atoms with Crippen LogP contribution in [0.2, 0.25) is 0 Å². The van der Waals surface area contributed by atoms with Gasteiger partial charge in [0.1, 0.15) is 5.82 Å². The van der Waals surface area contributed by atoms with Crippen LogP contribution in [0.3, 0.4) is 0 Å². The van der Waals surface area contributed by atoms with Gasteiger partial charge in [-0.05, 0) is 13.3 Å². The first-order chi connectivity index (χ1) is 7.13. The standard InChI is InChI=1S/C10H17N3O2/c1-7-9(6-14)10(12(2)11-7)13-4-3-8(15)5-13/h8,14-15H,3-6H2,1-2H3. The SMILES string of the molecule is Cc1nn(C)c(N2CCC(O)C2)c1CO. The molecule has 5 heteroatoms. The number of rotatable bonds is 2. The lowest BCUT2D eigenvalue weighted by molar-refractivity contribution is 0.198. The average Bonchev–Trinajstić information content (AvgIpc) is 2.70. The minimum Gasteiger partial charge on any atom is -0.391 e. The van der Waals surface area contributed by atoms with Gasteiger partial charge in [-0.1, -0.05) is 0 Å². The van der Waals surface area contributed by atoms with Gasteiger partial charge < -0.3 is 15.1 Å². The molecule has 1 aliphatic rings. The Kier molecular flexibility index (Phi) is 2.67. The highest BCUT2D eigenvalue weighted by molar-refractivity contribution is 5.50. The molecule has 1 aromatic rings. The van der Waals surface area contributed by atoms with Crippen molar-refractivity contribution in [1.29, 1.82) is 0 Å². The number of anilines is 1. The first-order valence-electron chi connectivity index (χ1n) is 5.19. The van der Waals surface area contributed by atoms with E-state index in [1.807, 2.05) is 14.0 Å². The Labute approximate surface area is 88.9 Å². The van der Waals surface area contributed by atoms with Gasteiger partial charge in [-0.25, -0.2) is 0 Å². The van der Waals surface area contributed by atoms with Crippen LogP contribution in [0.25, 0.3) is 0 Å². The summed E-state index contributed by atoms with van der Waals surface area (Å²) in [4.78, 5) is 2.08. The molecule has 1 atom stereocenters. The number of aromatic nitrogens is 2. The maximum absolute atomic E-state index is 9.49. The van der Waals surface area contributed by atoms with E-state index in [1.165, 1.54) is 0 Å². The highest BCUT2D eigenvalue weighted by atomic mass is 16.3. The van der Waals surface area contributed by atoms with E-state index in [0.717, 1.165) is 30.0 Å². The van der Waals surface area contributed by atoms with Crippen LogP contribution in [0.5, 0.6) is 0 Å². The van der Waals surface area contributed by atoms with Gasteiger partial charge in [0.25, 0.3) is 0 Å². The first kappa shape index (κ1) is 10.4. The van der Waals surface area contributed by atoms with Crippen molar-refractivity contribution < 1.29 is 10.2 Å². The van der Waals surface area contributed by atoms with E-state index in [-0.39, 0.29) is 12.7 Å². The fourth-order valence-corrected chi connectivity index (χ4v) is 2.20. The summed E-state index contributed by atoms with van der Waals surface area (Å²) in [7, 11) is 1.87. The number of β-amino-alcohol motifs (C(OH)–C–C–N with tert-alkyl or cyclic N) is 1. The minimum atomic E-state index is -0.258. The normalized spacial score (nSPS) is 21.3. The number of hydrogen-bond acceptors (Lipinski definition) is 4. The third kappa shape index (κ3) is 1.72. The summed E-state index contributed by atoms with van der Waals surface area (Å²) in [5.41, 5.74) is 1.72. The van der Waals surface area contributed by atoms with Crippen LogP contribution in [-0.4, -0.2) is 39.2 Å². The van der Waals surface area contributed by atoms with Crippen molar-refractivity contribution in [3.63, 3.8) is 0 Å². The molecule has 0 radical (unpaired) electrons. The van der Waals surface area contributed by atoms with Crippen LogP contribution in [0.15, 0.2) is 0 Å². The van der Waals surface area contributed by atoms with Gasteiger partial charge in [0.05, 0.1) is 18.4 Å². The molecule has 1 saturated heterocycles. The van der Waals surface area contributed by atoms with Gasteiger partial charge in [-0.2, -0.15) is 5.10 Å². The van der Waals surface area contributed by atoms with Crippen LogP contribution in [-0.2, 0) is 13.7 Å². The second-order valence-electron chi connectivity index (χ2n) is 4.06. The number of hydrogen-bond donors (Lipinski definition) is 2. The van der Waals surface area contributed by atoms with Gasteiger partial charge in [0.15, 0.2) is 0 Å². The third-order valence-corrected chi connectivity index (χ3v) is 2.93. The Morgan fingerprint density at radius 1 is 1.53 bits per heavy atom. The van der Waals surface area contributed by atoms with Gasteiger partial charge in [-0.3, -0.25) is 4.68 Å². The molecule has 2 rings (SSSR count). The van der Waals surface area contributed by atoms with Crippen LogP contribution < -0.4 is 4.90 Å². The number of aliphatic hydroxyl groups is 2. The molecule has 0 aromatic carbocycles. The van der Waals surface area contributed by atoms with Gasteiger partial charge in [-0.15, -0.1) is 0 Å². The molecule has 1 aromatic heterocycles. The van der Waals surface area contributed by atoms with Crippen molar-refractivity contribution >= 4 is 5.82 Å². The molecule has 5 nitrogen and oxygen atoms in total. The molecule has 2 N–H and O–H groups in total. The molecule has 1 fully saturated rings. The Balaban J connectivity index is 2.34. The zero-order valence-electron chi connectivity index (χ0n) is 9.14. The fourth-order valence-electron chi connectivity index (χ4n) is 2.20. The second-order valence-corrected chi connectivity index (χ2v) is 4.06. The summed E-state index contributed by atoms with van der Waals surface area (Å²) in [6.45, 7) is 3.35. The van der Waals surface area contributed by atoms with E-state index in [2.05, 4.69) is 10.00 Å². The fraction of sp³-hybridized carbons (Fsp3) is 0.700. The van der Waals surface area contributed by atoms with Crippen molar-refractivity contribution in [2.45, 2.75) is 26.1 Å². The van der Waals surface area contributed by atoms with Gasteiger partial charge in [0, 0.05) is 25.7 Å². The van der Waals surface area contributed by atoms with Crippen molar-refractivity contribution in [3.05, 3.63) is 11.3 Å². The molecule has 0 spiro atoms. The summed E-state index contributed by atoms with van der Waals surface area (Å²) >= 11 is 0. The maximum atomic E-state index is 9.49. The van der Waals surface area contributed by atoms with Crippen molar-refractivity contribution in [2.24, 2.45) is 7.05 Å². The highest BCUT2D eigenvalue weighted by Gasteiger charge is 2.25. The minimum absolute atomic E-state index is 0.00159. The quantitative estimate of drug-likeness (QED) is 0.710. The van der Waals surface area contributed by atoms with Crippen LogP contribution in [0, 0.1) is 6.92 Å². The molecule has 0 amide bonds. The average molecular weight is 211 g/mol. The predicted octanol–water partition coefficient (Wildman–Crippen LogP) is -0.208. The summed E-state index contributed by atoms with van der Waals surface area (Å²) < 4.78 is 1.78. The molecule has 0 bridgehead atoms. The van der Waals surface area contributed by atoms with E-state index >= 15 is 0 Å². The Bertz CT molecular complexity index is 362. The van der Waals surface area contributed by atoms with Crippen molar-refractivity contribution in [1.82, 2.24) is 9.78 Å². The Hall–Kier alpha value is -1.07. The molecule has 15 heavy (non-hydrogen) atoms. The van der Waals surface area contributed by atoms with E-state index < -0.39 is 0 Å². The zero-order valence-corrected chi connectivity index (χ0v) is 9.14. The van der Waals surface area contributed by atoms with E-state index in [1.54, 1.807) is 4.68 Å². The number of aryl methyl sites for hydroxylation is 2. The maximum Gasteiger partial charge on any atom is 0.132 e. The lowest BCUT2D eigenvalue weighted by Gasteiger charge is -2.19. The molecule has 1 unspecified atom stereocenters. The van der Waals surface area contributed by atoms with Crippen LogP contribution in [0.1, 0.15) is 17.7 Å². The van der Waals surface area contributed by atoms with Crippen molar-refractivity contribution in [2.75, 3.05) is 18.0 Å². The number of nitrogens with zero attached hydrogens (tertiary/aromatic N) is 3. The Morgan fingerprint density at radius 2 is 2.27 bits per heavy atom. The topological polar surface area (TPSA) is 61.5 Å². The van der Waals surface area contributed by atoms with Crippen LogP contribution in [0.4, 0.5) is 5.82 Å². The van der Waals surface area contributed by atoms with Crippen molar-refractivity contribution in [3.8, 4) is 0 Å². The molecule has 0 aliphatic carbocycles. The molecule has 2 heterocycles. The first-order valence-corrected chi connectivity index (χ1v) is 5.19. The largest absolute Gasteiger partial charge is 0.391 e. The molecule has 0 saturated carbocycles. The Morgan fingerprint density at radius 3 is 2.80 bits per heavy atom. The lowest BCUT2D eigenvalue weighted by Crippen LogP contribution is -2.24. The second kappa shape index (κ2) is 3.83. The molecular weight excluding hydrogens is 194 g/mol. The molecule has 84 valence electrons. The zero-order chi connectivity index (χ0) is 11.0. The van der Waals surface area contributed by atoms with E-state index in [4.69, 9.17) is 0 Å². The summed E-state index contributed by atoms with van der Waals surface area (Å²) in [5, 5.41) is 23.1. The highest BCUT2D eigenvalue weighted by Crippen LogP contribution is 2.26. The third-order valence-electron chi connectivity index (χ3n) is 2.93. The molecule has 1 aliphatic heterocycles. The molecular formula is C10H17N3O2. The summed E-state index contributed by atoms with van der Waals surface area (Å²) in [5.74, 6) is 0.937. The van der Waals surface area contributed by atoms with E-state index in [9.17, 15) is 10.2 Å². The number of aliphatic hydroxyl groups excluding tert-OH is 2. The smallest absolute Gasteiger partial charge is 0.132 e. The van der Waals surface area contributed by atoms with Gasteiger partial charge in [0.2, 0.25) is 0 Å². The van der Waals surface area contributed by atoms with E-state index in [0.29, 0.717) is 6.54 Å². The lowest BCUT2D eigenvalue weighted by atomic mass is 10.2. The summed E-state index contributed by atoms with van der Waals surface area (Å²) in [6.07, 6.45) is 0.529. The monoisotopic (exact) mass is 211 g/mol. The van der Waals surface area contributed by atoms with Gasteiger partial charge >= 0.3 is 0 Å².